The van der Waals surface area contributed by atoms with Crippen molar-refractivity contribution in [1.82, 2.24) is 0 Å². The van der Waals surface area contributed by atoms with Gasteiger partial charge in [-0.2, -0.15) is 11.3 Å². The predicted molar refractivity (Wildman–Crippen MR) is 249 cm³/mol. The second-order valence-corrected chi connectivity index (χ2v) is 22.5. The monoisotopic (exact) mass is 768 g/mol. The zero-order valence-electron chi connectivity index (χ0n) is 36.6. The maximum absolute atomic E-state index is 2.73. The van der Waals surface area contributed by atoms with Gasteiger partial charge in [0, 0.05) is 43.7 Å². The van der Waals surface area contributed by atoms with E-state index in [9.17, 15) is 0 Å². The number of hydrogen-bond donors (Lipinski definition) is 0. The first-order valence-electron chi connectivity index (χ1n) is 21.9. The van der Waals surface area contributed by atoms with E-state index in [0.29, 0.717) is 11.8 Å². The number of rotatable bonds is 3. The van der Waals surface area contributed by atoms with Crippen LogP contribution in [0.15, 0.2) is 78.4 Å². The lowest BCUT2D eigenvalue weighted by Crippen LogP contribution is -2.61. The molecule has 0 bridgehead atoms. The number of nitrogens with zero attached hydrogens (tertiary/aromatic N) is 2. The maximum Gasteiger partial charge on any atom is 0.264 e. The lowest BCUT2D eigenvalue weighted by atomic mass is 9.35. The molecule has 1 fully saturated rings. The number of para-hydroxylation sites is 2. The van der Waals surface area contributed by atoms with E-state index >= 15 is 0 Å². The van der Waals surface area contributed by atoms with Gasteiger partial charge in [0.05, 0.1) is 5.69 Å². The molecule has 0 amide bonds. The first-order valence-corrected chi connectivity index (χ1v) is 22.7. The fourth-order valence-corrected chi connectivity index (χ4v) is 13.0. The van der Waals surface area contributed by atoms with Crippen molar-refractivity contribution in [2.45, 2.75) is 132 Å². The van der Waals surface area contributed by atoms with Crippen molar-refractivity contribution in [2.24, 2.45) is 16.7 Å². The maximum atomic E-state index is 2.73. The molecule has 0 spiro atoms. The summed E-state index contributed by atoms with van der Waals surface area (Å²) in [7, 11) is 0. The van der Waals surface area contributed by atoms with E-state index in [-0.39, 0.29) is 28.4 Å². The highest BCUT2D eigenvalue weighted by Crippen LogP contribution is 2.59. The molecule has 2 aliphatic heterocycles. The summed E-state index contributed by atoms with van der Waals surface area (Å²) in [6.45, 7) is 29.6. The molecule has 3 heterocycles. The summed E-state index contributed by atoms with van der Waals surface area (Å²) in [5.41, 5.74) is 22.0. The molecule has 1 aromatic heterocycles. The van der Waals surface area contributed by atoms with Crippen molar-refractivity contribution in [3.05, 3.63) is 117 Å². The molecule has 10 rings (SSSR count). The van der Waals surface area contributed by atoms with Crippen molar-refractivity contribution < 1.29 is 0 Å². The van der Waals surface area contributed by atoms with Gasteiger partial charge in [0.2, 0.25) is 0 Å². The molecule has 292 valence electrons. The highest BCUT2D eigenvalue weighted by molar-refractivity contribution is 7.29. The normalized spacial score (nSPS) is 21.5. The van der Waals surface area contributed by atoms with Crippen molar-refractivity contribution in [1.29, 1.82) is 0 Å². The van der Waals surface area contributed by atoms with Gasteiger partial charge in [-0.1, -0.05) is 123 Å². The molecule has 5 aromatic rings. The summed E-state index contributed by atoms with van der Waals surface area (Å²) >= 11 is 2.14. The molecule has 0 radical (unpaired) electrons. The number of allylic oxidation sites excluding steroid dienone is 1. The summed E-state index contributed by atoms with van der Waals surface area (Å²) in [6.07, 6.45) is 8.79. The van der Waals surface area contributed by atoms with Crippen LogP contribution >= 0.6 is 11.3 Å². The molecule has 0 saturated heterocycles. The molecular formula is C53H61BN2S. The molecule has 4 aromatic carbocycles. The first kappa shape index (κ1) is 37.3. The molecule has 57 heavy (non-hydrogen) atoms. The fourth-order valence-electron chi connectivity index (χ4n) is 11.6. The average molecular weight is 769 g/mol. The lowest BCUT2D eigenvalue weighted by Gasteiger charge is -2.50. The molecule has 1 atom stereocenters. The van der Waals surface area contributed by atoms with Gasteiger partial charge in [0.25, 0.3) is 6.71 Å². The minimum absolute atomic E-state index is 0.103. The molecule has 4 heteroatoms. The number of aryl methyl sites for hydroxylation is 2. The summed E-state index contributed by atoms with van der Waals surface area (Å²) < 4.78 is 1.53. The Balaban J connectivity index is 1.36. The predicted octanol–water partition coefficient (Wildman–Crippen LogP) is 13.3. The highest BCUT2D eigenvalue weighted by Gasteiger charge is 2.51. The van der Waals surface area contributed by atoms with Gasteiger partial charge >= 0.3 is 0 Å². The Morgan fingerprint density at radius 3 is 1.82 bits per heavy atom. The van der Waals surface area contributed by atoms with E-state index in [0.717, 1.165) is 6.42 Å². The quantitative estimate of drug-likeness (QED) is 0.165. The Labute approximate surface area is 347 Å². The van der Waals surface area contributed by atoms with Gasteiger partial charge < -0.3 is 9.80 Å². The number of fused-ring (bicyclic) bond motifs is 8. The van der Waals surface area contributed by atoms with Gasteiger partial charge in [-0.3, -0.25) is 0 Å². The number of benzene rings is 4. The third-order valence-electron chi connectivity index (χ3n) is 15.6. The van der Waals surface area contributed by atoms with E-state index in [1.807, 2.05) is 0 Å². The van der Waals surface area contributed by atoms with E-state index in [1.54, 1.807) is 16.0 Å². The second-order valence-electron chi connectivity index (χ2n) is 21.4. The third-order valence-corrected chi connectivity index (χ3v) is 16.8. The van der Waals surface area contributed by atoms with Crippen LogP contribution in [-0.4, -0.2) is 6.71 Å². The molecule has 1 saturated carbocycles. The average Bonchev–Trinajstić information content (AvgIpc) is 3.53. The molecule has 2 nitrogen and oxygen atoms in total. The van der Waals surface area contributed by atoms with Crippen LogP contribution in [0.1, 0.15) is 139 Å². The fraction of sp³-hybridized carbons (Fsp3) is 0.434. The molecule has 1 unspecified atom stereocenters. The first-order chi connectivity index (χ1) is 26.9. The SMILES string of the molecule is Cc1ccccc1N1c2cc3c(cc2B2c4sc5c(c4N(c4ccccc4C)c4cc(C(C)C)cc1c42)C=C1C(C5)C(C)(C)CCC1(C)C)C(C)(C)CCC3(C)C. The van der Waals surface area contributed by atoms with Gasteiger partial charge in [0.15, 0.2) is 0 Å². The molecular weight excluding hydrogens is 707 g/mol. The van der Waals surface area contributed by atoms with Crippen LogP contribution in [0.4, 0.5) is 34.1 Å². The number of hydrogen-bond acceptors (Lipinski definition) is 3. The van der Waals surface area contributed by atoms with Crippen molar-refractivity contribution >= 4 is 74.0 Å². The minimum atomic E-state index is 0.103. The van der Waals surface area contributed by atoms with E-state index in [2.05, 4.69) is 183 Å². The topological polar surface area (TPSA) is 6.48 Å². The van der Waals surface area contributed by atoms with Crippen LogP contribution < -0.4 is 25.5 Å². The molecule has 3 aliphatic carbocycles. The minimum Gasteiger partial charge on any atom is -0.311 e. The zero-order chi connectivity index (χ0) is 40.1. The number of thiophene rings is 1. The Hall–Kier alpha value is -4.02. The smallest absolute Gasteiger partial charge is 0.264 e. The van der Waals surface area contributed by atoms with Crippen LogP contribution in [0.25, 0.3) is 6.08 Å². The Morgan fingerprint density at radius 2 is 1.21 bits per heavy atom. The zero-order valence-corrected chi connectivity index (χ0v) is 37.4. The van der Waals surface area contributed by atoms with Crippen LogP contribution in [0, 0.1) is 30.6 Å². The van der Waals surface area contributed by atoms with Gasteiger partial charge in [-0.05, 0) is 149 Å². The largest absolute Gasteiger partial charge is 0.311 e. The van der Waals surface area contributed by atoms with Crippen LogP contribution in [-0.2, 0) is 17.3 Å². The highest BCUT2D eigenvalue weighted by atomic mass is 32.1. The van der Waals surface area contributed by atoms with Crippen LogP contribution in [0.3, 0.4) is 0 Å². The van der Waals surface area contributed by atoms with Gasteiger partial charge in [-0.15, -0.1) is 0 Å². The van der Waals surface area contributed by atoms with Gasteiger partial charge in [0.1, 0.15) is 0 Å². The standard InChI is InChI=1S/C53H61BN2S/c1-31(2)34-25-44-47-45(26-34)56(42-20-16-14-18-33(42)4)48-35-27-36-39(53(11,12)24-21-50(36,5)6)30-46(35)57-49(48)54(47)40-28-37-38(52(9,10)23-22-51(37,7)8)29-43(40)55(44)41-19-15-13-17-32(41)3/h13-20,25-29,31,39H,21-24,30H2,1-12H3. The number of anilines is 6. The lowest BCUT2D eigenvalue weighted by molar-refractivity contribution is 0.124. The summed E-state index contributed by atoms with van der Waals surface area (Å²) in [5, 5.41) is 0. The summed E-state index contributed by atoms with van der Waals surface area (Å²) in [6, 6.07) is 28.7. The second kappa shape index (κ2) is 12.3. The van der Waals surface area contributed by atoms with Crippen LogP contribution in [0.5, 0.6) is 0 Å². The van der Waals surface area contributed by atoms with Crippen molar-refractivity contribution in [3.8, 4) is 0 Å². The van der Waals surface area contributed by atoms with Gasteiger partial charge in [-0.25, -0.2) is 0 Å². The third kappa shape index (κ3) is 5.34. The summed E-state index contributed by atoms with van der Waals surface area (Å²) in [4.78, 5) is 6.99. The Morgan fingerprint density at radius 1 is 0.649 bits per heavy atom. The van der Waals surface area contributed by atoms with Crippen LogP contribution in [0.2, 0.25) is 0 Å². The Bertz CT molecular complexity index is 2540. The molecule has 5 aliphatic rings. The van der Waals surface area contributed by atoms with E-state index < -0.39 is 0 Å². The Kier molecular flexibility index (Phi) is 8.02. The van der Waals surface area contributed by atoms with Crippen molar-refractivity contribution in [3.63, 3.8) is 0 Å². The molecule has 0 N–H and O–H groups in total. The van der Waals surface area contributed by atoms with Crippen molar-refractivity contribution in [2.75, 3.05) is 9.80 Å². The van der Waals surface area contributed by atoms with E-state index in [1.165, 1.54) is 103 Å². The van der Waals surface area contributed by atoms with E-state index in [4.69, 9.17) is 0 Å². The summed E-state index contributed by atoms with van der Waals surface area (Å²) in [5.74, 6) is 0.939.